The van der Waals surface area contributed by atoms with Crippen LogP contribution in [-0.4, -0.2) is 49.6 Å². The van der Waals surface area contributed by atoms with Crippen LogP contribution in [-0.2, 0) is 0 Å². The van der Waals surface area contributed by atoms with Gasteiger partial charge in [0.15, 0.2) is 0 Å². The predicted molar refractivity (Wildman–Crippen MR) is 76.6 cm³/mol. The molecule has 1 heterocycles. The van der Waals surface area contributed by atoms with E-state index in [1.807, 2.05) is 0 Å². The van der Waals surface area contributed by atoms with E-state index in [0.717, 1.165) is 11.8 Å². The van der Waals surface area contributed by atoms with Crippen molar-refractivity contribution in [1.82, 2.24) is 9.80 Å². The minimum Gasteiger partial charge on any atom is -0.305 e. The van der Waals surface area contributed by atoms with E-state index in [1.54, 1.807) is 5.57 Å². The van der Waals surface area contributed by atoms with Crippen LogP contribution in [0.4, 0.5) is 0 Å². The smallest absolute Gasteiger partial charge is 0.0196 e. The molecule has 2 heteroatoms. The first kappa shape index (κ1) is 12.7. The Balaban J connectivity index is 1.61. The van der Waals surface area contributed by atoms with Gasteiger partial charge in [-0.15, -0.1) is 0 Å². The molecule has 18 heavy (non-hydrogen) atoms. The third kappa shape index (κ3) is 2.14. The molecule has 0 radical (unpaired) electrons. The van der Waals surface area contributed by atoms with E-state index in [0.29, 0.717) is 5.41 Å². The van der Waals surface area contributed by atoms with Gasteiger partial charge in [0, 0.05) is 19.6 Å². The lowest BCUT2D eigenvalue weighted by atomic mass is 9.49. The van der Waals surface area contributed by atoms with Crippen LogP contribution in [0.25, 0.3) is 0 Å². The van der Waals surface area contributed by atoms with Crippen LogP contribution in [0.1, 0.15) is 33.1 Å². The van der Waals surface area contributed by atoms with Crippen LogP contribution in [0.5, 0.6) is 0 Å². The van der Waals surface area contributed by atoms with Crippen LogP contribution < -0.4 is 0 Å². The highest BCUT2D eigenvalue weighted by Crippen LogP contribution is 2.59. The monoisotopic (exact) mass is 248 g/mol. The van der Waals surface area contributed by atoms with Crippen molar-refractivity contribution in [3.8, 4) is 0 Å². The maximum atomic E-state index is 2.68. The largest absolute Gasteiger partial charge is 0.305 e. The van der Waals surface area contributed by atoms with Gasteiger partial charge in [-0.2, -0.15) is 0 Å². The van der Waals surface area contributed by atoms with E-state index in [2.05, 4.69) is 36.8 Å². The highest BCUT2D eigenvalue weighted by atomic mass is 15.2. The Morgan fingerprint density at radius 3 is 2.78 bits per heavy atom. The molecular formula is C16H28N2. The van der Waals surface area contributed by atoms with Crippen LogP contribution in [0.2, 0.25) is 0 Å². The van der Waals surface area contributed by atoms with Crippen LogP contribution in [0.3, 0.4) is 0 Å². The number of hydrogen-bond donors (Lipinski definition) is 0. The Bertz CT molecular complexity index is 345. The summed E-state index contributed by atoms with van der Waals surface area (Å²) in [4.78, 5) is 5.16. The van der Waals surface area contributed by atoms with Gasteiger partial charge >= 0.3 is 0 Å². The van der Waals surface area contributed by atoms with Crippen molar-refractivity contribution in [3.05, 3.63) is 11.6 Å². The summed E-state index contributed by atoms with van der Waals surface area (Å²) in [6.45, 7) is 11.3. The minimum absolute atomic E-state index is 0.590. The zero-order chi connectivity index (χ0) is 12.8. The Labute approximate surface area is 112 Å². The summed E-state index contributed by atoms with van der Waals surface area (Å²) in [6, 6.07) is 0. The Hall–Kier alpha value is -0.340. The van der Waals surface area contributed by atoms with Gasteiger partial charge in [-0.05, 0) is 56.7 Å². The molecule has 0 aromatic rings. The molecule has 0 amide bonds. The van der Waals surface area contributed by atoms with E-state index >= 15 is 0 Å². The molecule has 2 atom stereocenters. The number of hydrogen-bond acceptors (Lipinski definition) is 2. The molecule has 0 unspecified atom stereocenters. The first-order valence-electron chi connectivity index (χ1n) is 7.67. The van der Waals surface area contributed by atoms with E-state index in [9.17, 15) is 0 Å². The average Bonchev–Trinajstić information content (AvgIpc) is 2.54. The van der Waals surface area contributed by atoms with Crippen LogP contribution in [0.15, 0.2) is 11.6 Å². The van der Waals surface area contributed by atoms with Crippen molar-refractivity contribution in [1.29, 1.82) is 0 Å². The Morgan fingerprint density at radius 2 is 2.06 bits per heavy atom. The summed E-state index contributed by atoms with van der Waals surface area (Å²) >= 11 is 0. The summed E-state index contributed by atoms with van der Waals surface area (Å²) in [6.07, 6.45) is 6.71. The molecule has 2 fully saturated rings. The number of likely N-dealkylation sites (N-methyl/N-ethyl adjacent to an activating group) is 1. The molecule has 2 nitrogen and oxygen atoms in total. The Kier molecular flexibility index (Phi) is 3.27. The number of allylic oxidation sites excluding steroid dienone is 1. The lowest BCUT2D eigenvalue weighted by Crippen LogP contribution is -2.50. The molecule has 1 aliphatic heterocycles. The molecule has 0 aromatic carbocycles. The first-order valence-corrected chi connectivity index (χ1v) is 7.67. The third-order valence-corrected chi connectivity index (χ3v) is 5.80. The second-order valence-corrected chi connectivity index (χ2v) is 7.25. The van der Waals surface area contributed by atoms with E-state index in [1.165, 1.54) is 52.0 Å². The highest BCUT2D eigenvalue weighted by molar-refractivity contribution is 5.24. The molecule has 2 bridgehead atoms. The zero-order valence-corrected chi connectivity index (χ0v) is 12.3. The van der Waals surface area contributed by atoms with Gasteiger partial charge in [0.05, 0.1) is 0 Å². The SMILES string of the molecule is CN1CCCN(CC2=CC[C@@H]3C[C@@H]2C3(C)C)CC1. The van der Waals surface area contributed by atoms with Gasteiger partial charge in [-0.3, -0.25) is 4.90 Å². The van der Waals surface area contributed by atoms with Gasteiger partial charge in [0.1, 0.15) is 0 Å². The van der Waals surface area contributed by atoms with Crippen molar-refractivity contribution in [2.24, 2.45) is 17.3 Å². The third-order valence-electron chi connectivity index (χ3n) is 5.80. The fraction of sp³-hybridized carbons (Fsp3) is 0.875. The zero-order valence-electron chi connectivity index (χ0n) is 12.3. The second-order valence-electron chi connectivity index (χ2n) is 7.25. The van der Waals surface area contributed by atoms with Gasteiger partial charge in [0.25, 0.3) is 0 Å². The van der Waals surface area contributed by atoms with Crippen molar-refractivity contribution < 1.29 is 0 Å². The molecule has 4 aliphatic rings. The maximum Gasteiger partial charge on any atom is 0.0196 e. The molecule has 3 aliphatic carbocycles. The molecule has 4 rings (SSSR count). The molecule has 1 saturated heterocycles. The Morgan fingerprint density at radius 1 is 1.22 bits per heavy atom. The van der Waals surface area contributed by atoms with E-state index in [-0.39, 0.29) is 0 Å². The van der Waals surface area contributed by atoms with E-state index < -0.39 is 0 Å². The average molecular weight is 248 g/mol. The number of nitrogens with zero attached hydrogens (tertiary/aromatic N) is 2. The topological polar surface area (TPSA) is 6.48 Å². The molecule has 0 spiro atoms. The summed E-state index contributed by atoms with van der Waals surface area (Å²) in [7, 11) is 2.25. The molecule has 102 valence electrons. The quantitative estimate of drug-likeness (QED) is 0.693. The summed E-state index contributed by atoms with van der Waals surface area (Å²) < 4.78 is 0. The highest BCUT2D eigenvalue weighted by Gasteiger charge is 2.51. The van der Waals surface area contributed by atoms with E-state index in [4.69, 9.17) is 0 Å². The number of rotatable bonds is 2. The van der Waals surface area contributed by atoms with Crippen LogP contribution >= 0.6 is 0 Å². The van der Waals surface area contributed by atoms with Crippen molar-refractivity contribution in [3.63, 3.8) is 0 Å². The van der Waals surface area contributed by atoms with Crippen molar-refractivity contribution in [2.75, 3.05) is 39.8 Å². The second kappa shape index (κ2) is 4.64. The summed E-state index contributed by atoms with van der Waals surface area (Å²) in [5, 5.41) is 0. The molecule has 0 aromatic heterocycles. The standard InChI is InChI=1S/C16H28N2/c1-16(2)14-6-5-13(15(16)11-14)12-18-8-4-7-17(3)9-10-18/h5,14-15H,4,6-12H2,1-3H3/t14-,15+/m1/s1. The van der Waals surface area contributed by atoms with Gasteiger partial charge in [-0.25, -0.2) is 0 Å². The van der Waals surface area contributed by atoms with Gasteiger partial charge in [-0.1, -0.05) is 25.5 Å². The minimum atomic E-state index is 0.590. The molecule has 1 saturated carbocycles. The fourth-order valence-electron chi connectivity index (χ4n) is 4.17. The van der Waals surface area contributed by atoms with Crippen molar-refractivity contribution in [2.45, 2.75) is 33.1 Å². The molecular weight excluding hydrogens is 220 g/mol. The summed E-state index contributed by atoms with van der Waals surface area (Å²) in [5.74, 6) is 1.86. The lowest BCUT2D eigenvalue weighted by molar-refractivity contribution is -0.0105. The van der Waals surface area contributed by atoms with Gasteiger partial charge in [0.2, 0.25) is 0 Å². The first-order chi connectivity index (χ1) is 8.57. The van der Waals surface area contributed by atoms with Crippen LogP contribution in [0, 0.1) is 17.3 Å². The predicted octanol–water partition coefficient (Wildman–Crippen LogP) is 2.62. The fourth-order valence-corrected chi connectivity index (χ4v) is 4.17. The van der Waals surface area contributed by atoms with Crippen molar-refractivity contribution >= 4 is 0 Å². The number of fused-ring (bicyclic) bond motifs is 1. The van der Waals surface area contributed by atoms with Gasteiger partial charge < -0.3 is 4.90 Å². The maximum absolute atomic E-state index is 2.68. The lowest BCUT2D eigenvalue weighted by Gasteiger charge is -2.57. The normalized spacial score (nSPS) is 36.7. The molecule has 0 N–H and O–H groups in total. The summed E-state index contributed by atoms with van der Waals surface area (Å²) in [5.41, 5.74) is 2.35.